The first-order valence-electron chi connectivity index (χ1n) is 7.12. The first kappa shape index (κ1) is 16.4. The summed E-state index contributed by atoms with van der Waals surface area (Å²) < 4.78 is 5.04. The number of likely N-dealkylation sites (tertiary alicyclic amines) is 1. The number of amides is 2. The highest BCUT2D eigenvalue weighted by molar-refractivity contribution is 6.30. The van der Waals surface area contributed by atoms with Gasteiger partial charge in [-0.25, -0.2) is 4.79 Å². The van der Waals surface area contributed by atoms with Crippen molar-refractivity contribution in [1.82, 2.24) is 10.2 Å². The molecule has 2 amide bonds. The van der Waals surface area contributed by atoms with Crippen molar-refractivity contribution < 1.29 is 14.3 Å². The Bertz CT molecular complexity index is 576. The predicted octanol–water partition coefficient (Wildman–Crippen LogP) is 2.86. The fourth-order valence-corrected chi connectivity index (χ4v) is 2.69. The van der Waals surface area contributed by atoms with Gasteiger partial charge in [-0.2, -0.15) is 0 Å². The van der Waals surface area contributed by atoms with Crippen molar-refractivity contribution in [2.75, 3.05) is 13.2 Å². The molecule has 0 spiro atoms. The van der Waals surface area contributed by atoms with E-state index in [9.17, 15) is 9.59 Å². The van der Waals surface area contributed by atoms with E-state index in [0.29, 0.717) is 23.6 Å². The average molecular weight is 323 g/mol. The second-order valence-corrected chi connectivity index (χ2v) is 5.72. The first-order valence-corrected chi connectivity index (χ1v) is 7.49. The second kappa shape index (κ2) is 7.31. The third-order valence-corrected chi connectivity index (χ3v) is 3.79. The molecule has 1 aliphatic rings. The number of ether oxygens (including phenoxy) is 1. The van der Waals surface area contributed by atoms with Crippen LogP contribution in [0.4, 0.5) is 4.79 Å². The van der Waals surface area contributed by atoms with Gasteiger partial charge < -0.3 is 15.0 Å². The molecule has 0 aliphatic carbocycles. The molecule has 0 radical (unpaired) electrons. The normalized spacial score (nSPS) is 20.5. The molecular weight excluding hydrogens is 304 g/mol. The maximum absolute atomic E-state index is 12.2. The minimum Gasteiger partial charge on any atom is -0.445 e. The van der Waals surface area contributed by atoms with Crippen LogP contribution in [0.1, 0.15) is 23.7 Å². The summed E-state index contributed by atoms with van der Waals surface area (Å²) in [6, 6.07) is 6.68. The van der Waals surface area contributed by atoms with Crippen molar-refractivity contribution in [2.45, 2.75) is 25.4 Å². The summed E-state index contributed by atoms with van der Waals surface area (Å²) in [6.07, 6.45) is 1.83. The molecule has 5 nitrogen and oxygen atoms in total. The van der Waals surface area contributed by atoms with Crippen molar-refractivity contribution >= 4 is 23.6 Å². The van der Waals surface area contributed by atoms with Crippen LogP contribution in [0.3, 0.4) is 0 Å². The van der Waals surface area contributed by atoms with Crippen LogP contribution in [-0.2, 0) is 4.74 Å². The lowest BCUT2D eigenvalue weighted by molar-refractivity contribution is 0.0929. The third-order valence-electron chi connectivity index (χ3n) is 3.56. The van der Waals surface area contributed by atoms with Crippen LogP contribution >= 0.6 is 11.6 Å². The van der Waals surface area contributed by atoms with Gasteiger partial charge in [0.25, 0.3) is 5.91 Å². The van der Waals surface area contributed by atoms with Crippen LogP contribution in [0.5, 0.6) is 0 Å². The third kappa shape index (κ3) is 4.01. The lowest BCUT2D eigenvalue weighted by Crippen LogP contribution is -2.39. The zero-order valence-electron chi connectivity index (χ0n) is 12.4. The predicted molar refractivity (Wildman–Crippen MR) is 85.0 cm³/mol. The molecule has 0 unspecified atom stereocenters. The van der Waals surface area contributed by atoms with E-state index >= 15 is 0 Å². The number of rotatable bonds is 4. The molecule has 1 saturated heterocycles. The first-order chi connectivity index (χ1) is 10.5. The van der Waals surface area contributed by atoms with Crippen LogP contribution in [0.2, 0.25) is 5.02 Å². The van der Waals surface area contributed by atoms with E-state index in [1.165, 1.54) is 6.08 Å². The van der Waals surface area contributed by atoms with E-state index < -0.39 is 0 Å². The Morgan fingerprint density at radius 2 is 2.32 bits per heavy atom. The van der Waals surface area contributed by atoms with Crippen molar-refractivity contribution in [2.24, 2.45) is 0 Å². The van der Waals surface area contributed by atoms with Crippen LogP contribution in [0.25, 0.3) is 0 Å². The molecule has 1 aromatic rings. The van der Waals surface area contributed by atoms with Gasteiger partial charge in [0.1, 0.15) is 6.61 Å². The maximum atomic E-state index is 12.2. The molecule has 1 heterocycles. The van der Waals surface area contributed by atoms with Gasteiger partial charge in [0, 0.05) is 29.2 Å². The van der Waals surface area contributed by atoms with Crippen LogP contribution in [0.15, 0.2) is 36.9 Å². The minimum absolute atomic E-state index is 0.0157. The lowest BCUT2D eigenvalue weighted by Gasteiger charge is -2.20. The molecular formula is C16H19ClN2O3. The zero-order chi connectivity index (χ0) is 16.1. The maximum Gasteiger partial charge on any atom is 0.410 e. The smallest absolute Gasteiger partial charge is 0.410 e. The Kier molecular flexibility index (Phi) is 5.44. The molecule has 1 fully saturated rings. The average Bonchev–Trinajstić information content (AvgIpc) is 2.85. The van der Waals surface area contributed by atoms with E-state index in [2.05, 4.69) is 11.9 Å². The Hall–Kier alpha value is -2.01. The zero-order valence-corrected chi connectivity index (χ0v) is 13.2. The fraction of sp³-hybridized carbons (Fsp3) is 0.375. The number of nitrogens with zero attached hydrogens (tertiary/aromatic N) is 1. The molecule has 118 valence electrons. The number of hydrogen-bond acceptors (Lipinski definition) is 3. The molecule has 2 atom stereocenters. The quantitative estimate of drug-likeness (QED) is 0.867. The SMILES string of the molecule is C=CCOC(=O)N1C[C@H](NC(=O)c2cccc(Cl)c2)C[C@H]1C. The van der Waals surface area contributed by atoms with E-state index in [1.807, 2.05) is 6.92 Å². The van der Waals surface area contributed by atoms with Gasteiger partial charge in [-0.05, 0) is 31.5 Å². The lowest BCUT2D eigenvalue weighted by atomic mass is 10.1. The van der Waals surface area contributed by atoms with E-state index in [4.69, 9.17) is 16.3 Å². The molecule has 1 aromatic carbocycles. The highest BCUT2D eigenvalue weighted by atomic mass is 35.5. The number of benzene rings is 1. The summed E-state index contributed by atoms with van der Waals surface area (Å²) in [4.78, 5) is 25.7. The number of carbonyl (C=O) groups excluding carboxylic acids is 2. The molecule has 2 rings (SSSR count). The van der Waals surface area contributed by atoms with Gasteiger partial charge in [-0.1, -0.05) is 30.3 Å². The van der Waals surface area contributed by atoms with Gasteiger partial charge in [0.05, 0.1) is 0 Å². The summed E-state index contributed by atoms with van der Waals surface area (Å²) in [7, 11) is 0. The number of halogens is 1. The van der Waals surface area contributed by atoms with Crippen molar-refractivity contribution in [3.63, 3.8) is 0 Å². The van der Waals surface area contributed by atoms with E-state index in [0.717, 1.165) is 0 Å². The summed E-state index contributed by atoms with van der Waals surface area (Å²) in [5.74, 6) is -0.194. The molecule has 0 saturated carbocycles. The van der Waals surface area contributed by atoms with Crippen molar-refractivity contribution in [3.8, 4) is 0 Å². The van der Waals surface area contributed by atoms with Gasteiger partial charge in [0.2, 0.25) is 0 Å². The Balaban J connectivity index is 1.93. The van der Waals surface area contributed by atoms with Gasteiger partial charge >= 0.3 is 6.09 Å². The number of hydrogen-bond donors (Lipinski definition) is 1. The molecule has 1 aliphatic heterocycles. The molecule has 6 heteroatoms. The van der Waals surface area contributed by atoms with Crippen LogP contribution in [0, 0.1) is 0 Å². The van der Waals surface area contributed by atoms with Crippen molar-refractivity contribution in [3.05, 3.63) is 47.5 Å². The number of nitrogens with one attached hydrogen (secondary N) is 1. The molecule has 22 heavy (non-hydrogen) atoms. The minimum atomic E-state index is -0.382. The summed E-state index contributed by atoms with van der Waals surface area (Å²) in [5.41, 5.74) is 0.507. The van der Waals surface area contributed by atoms with Gasteiger partial charge in [0.15, 0.2) is 0 Å². The fourth-order valence-electron chi connectivity index (χ4n) is 2.50. The van der Waals surface area contributed by atoms with E-state index in [1.54, 1.807) is 29.2 Å². The summed E-state index contributed by atoms with van der Waals surface area (Å²) in [5, 5.41) is 3.44. The Morgan fingerprint density at radius 3 is 3.00 bits per heavy atom. The molecule has 1 N–H and O–H groups in total. The second-order valence-electron chi connectivity index (χ2n) is 5.28. The monoisotopic (exact) mass is 322 g/mol. The van der Waals surface area contributed by atoms with Crippen LogP contribution < -0.4 is 5.32 Å². The summed E-state index contributed by atoms with van der Waals surface area (Å²) >= 11 is 5.88. The summed E-state index contributed by atoms with van der Waals surface area (Å²) in [6.45, 7) is 6.06. The Morgan fingerprint density at radius 1 is 1.55 bits per heavy atom. The van der Waals surface area contributed by atoms with Crippen LogP contribution in [-0.4, -0.2) is 42.1 Å². The molecule has 0 aromatic heterocycles. The standard InChI is InChI=1S/C16H19ClN2O3/c1-3-7-22-16(21)19-10-14(8-11(19)2)18-15(20)12-5-4-6-13(17)9-12/h3-6,9,11,14H,1,7-8,10H2,2H3,(H,18,20)/t11-,14-/m1/s1. The Labute approximate surface area is 134 Å². The topological polar surface area (TPSA) is 58.6 Å². The number of carbonyl (C=O) groups is 2. The van der Waals surface area contributed by atoms with Gasteiger partial charge in [-0.15, -0.1) is 0 Å². The van der Waals surface area contributed by atoms with Gasteiger partial charge in [-0.3, -0.25) is 4.79 Å². The highest BCUT2D eigenvalue weighted by Crippen LogP contribution is 2.19. The van der Waals surface area contributed by atoms with E-state index in [-0.39, 0.29) is 30.7 Å². The van der Waals surface area contributed by atoms with Crippen molar-refractivity contribution in [1.29, 1.82) is 0 Å². The largest absolute Gasteiger partial charge is 0.445 e. The highest BCUT2D eigenvalue weighted by Gasteiger charge is 2.34. The molecule has 0 bridgehead atoms.